The fraction of sp³-hybridized carbons (Fsp3) is 0.273. The molecule has 2 heterocycles. The van der Waals surface area contributed by atoms with Crippen molar-refractivity contribution in [3.8, 4) is 22.8 Å². The maximum absolute atomic E-state index is 13.2. The first kappa shape index (κ1) is 31.8. The van der Waals surface area contributed by atoms with Gasteiger partial charge in [-0.05, 0) is 74.2 Å². The molecule has 1 aromatic heterocycles. The van der Waals surface area contributed by atoms with Crippen LogP contribution in [0.5, 0.6) is 5.75 Å². The molecule has 1 N–H and O–H groups in total. The molecule has 45 heavy (non-hydrogen) atoms. The number of nitrogens with one attached hydrogen (secondary N) is 1. The third-order valence-electron chi connectivity index (χ3n) is 7.20. The Kier molecular flexibility index (Phi) is 9.06. The summed E-state index contributed by atoms with van der Waals surface area (Å²) in [5.41, 5.74) is 4.27. The Hall–Kier alpha value is -4.58. The van der Waals surface area contributed by atoms with Crippen LogP contribution in [-0.2, 0) is 21.5 Å². The monoisotopic (exact) mass is 635 g/mol. The van der Waals surface area contributed by atoms with Crippen molar-refractivity contribution in [3.05, 3.63) is 101 Å². The summed E-state index contributed by atoms with van der Waals surface area (Å²) < 4.78 is 42.7. The zero-order chi connectivity index (χ0) is 32.4. The maximum Gasteiger partial charge on any atom is 0.573 e. The van der Waals surface area contributed by atoms with Crippen molar-refractivity contribution in [2.75, 3.05) is 10.7 Å². The zero-order valence-corrected chi connectivity index (χ0v) is 26.0. The molecular formula is C33H32F3N5O3S. The highest BCUT2D eigenvalue weighted by Crippen LogP contribution is 2.37. The lowest BCUT2D eigenvalue weighted by Gasteiger charge is -2.27. The molecule has 0 unspecified atom stereocenters. The second-order valence-corrected chi connectivity index (χ2v) is 12.1. The molecule has 0 atom stereocenters. The van der Waals surface area contributed by atoms with E-state index in [1.807, 2.05) is 63.2 Å². The third-order valence-corrected chi connectivity index (χ3v) is 8.18. The van der Waals surface area contributed by atoms with Gasteiger partial charge in [-0.25, -0.2) is 9.67 Å². The molecule has 0 aliphatic carbocycles. The number of aromatic nitrogens is 3. The van der Waals surface area contributed by atoms with Crippen LogP contribution in [0.2, 0.25) is 0 Å². The molecule has 234 valence electrons. The number of alkyl halides is 3. The molecule has 0 bridgehead atoms. The Morgan fingerprint density at radius 3 is 2.44 bits per heavy atom. The maximum atomic E-state index is 13.2. The lowest BCUT2D eigenvalue weighted by Crippen LogP contribution is -2.40. The lowest BCUT2D eigenvalue weighted by atomic mass is 9.93. The average Bonchev–Trinajstić information content (AvgIpc) is 3.61. The predicted octanol–water partition coefficient (Wildman–Crippen LogP) is 7.07. The van der Waals surface area contributed by atoms with Gasteiger partial charge in [-0.1, -0.05) is 61.5 Å². The minimum atomic E-state index is -4.76. The Bertz CT molecular complexity index is 1730. The van der Waals surface area contributed by atoms with Gasteiger partial charge in [-0.2, -0.15) is 0 Å². The number of carbonyl (C=O) groups is 2. The summed E-state index contributed by atoms with van der Waals surface area (Å²) in [5, 5.41) is 8.10. The van der Waals surface area contributed by atoms with Gasteiger partial charge in [0.2, 0.25) is 11.8 Å². The molecule has 8 nitrogen and oxygen atoms in total. The van der Waals surface area contributed by atoms with E-state index in [1.165, 1.54) is 53.1 Å². The topological polar surface area (TPSA) is 89.4 Å². The number of carbonyl (C=O) groups excluding carboxylic acids is 2. The van der Waals surface area contributed by atoms with Gasteiger partial charge < -0.3 is 10.1 Å². The van der Waals surface area contributed by atoms with Crippen LogP contribution in [0.4, 0.5) is 18.9 Å². The normalized spacial score (nSPS) is 14.7. The van der Waals surface area contributed by atoms with E-state index in [0.29, 0.717) is 16.5 Å². The van der Waals surface area contributed by atoms with Gasteiger partial charge in [0, 0.05) is 11.6 Å². The number of anilines is 1. The molecule has 5 rings (SSSR count). The number of hydrogen-bond donors (Lipinski definition) is 1. The van der Waals surface area contributed by atoms with E-state index in [9.17, 15) is 22.8 Å². The van der Waals surface area contributed by atoms with Crippen LogP contribution in [0.25, 0.3) is 17.1 Å². The number of amides is 2. The van der Waals surface area contributed by atoms with Crippen LogP contribution >= 0.6 is 11.8 Å². The van der Waals surface area contributed by atoms with E-state index in [-0.39, 0.29) is 23.3 Å². The highest BCUT2D eigenvalue weighted by Gasteiger charge is 2.32. The van der Waals surface area contributed by atoms with Gasteiger partial charge >= 0.3 is 6.36 Å². The summed E-state index contributed by atoms with van der Waals surface area (Å²) in [6, 6.07) is 18.8. The Balaban J connectivity index is 1.28. The quantitative estimate of drug-likeness (QED) is 0.198. The van der Waals surface area contributed by atoms with Crippen molar-refractivity contribution in [2.45, 2.75) is 52.4 Å². The number of rotatable bonds is 9. The van der Waals surface area contributed by atoms with E-state index >= 15 is 0 Å². The molecule has 0 spiro atoms. The van der Waals surface area contributed by atoms with Crippen LogP contribution < -0.4 is 15.0 Å². The number of aryl methyl sites for hydroxylation is 2. The first-order valence-corrected chi connectivity index (χ1v) is 15.3. The first-order chi connectivity index (χ1) is 21.3. The van der Waals surface area contributed by atoms with E-state index in [0.717, 1.165) is 40.8 Å². The fourth-order valence-electron chi connectivity index (χ4n) is 4.99. The van der Waals surface area contributed by atoms with Gasteiger partial charge in [0.25, 0.3) is 0 Å². The van der Waals surface area contributed by atoms with Crippen LogP contribution in [0.15, 0.2) is 84.2 Å². The molecule has 12 heteroatoms. The summed E-state index contributed by atoms with van der Waals surface area (Å²) in [7, 11) is 0. The molecule has 4 aromatic rings. The molecule has 0 radical (unpaired) electrons. The lowest BCUT2D eigenvalue weighted by molar-refractivity contribution is -0.274. The smallest absolute Gasteiger partial charge is 0.406 e. The van der Waals surface area contributed by atoms with Crippen molar-refractivity contribution < 1.29 is 27.5 Å². The summed E-state index contributed by atoms with van der Waals surface area (Å²) in [6.07, 6.45) is -0.0387. The van der Waals surface area contributed by atoms with Crippen molar-refractivity contribution in [1.82, 2.24) is 20.1 Å². The standard InChI is InChI=1S/C33H32F3N5O3S/c1-5-6-22-8-7-21(2)17-27(22)41-29(43)19-45-30(41)18-28(42)38-32(3,4)24-11-9-23(10-12-24)31-37-20-40(39-31)25-13-15-26(16-14-25)44-33(34,35)36/h7-18,20H,5-6,19H2,1-4H3,(H,38,42). The molecule has 2 amide bonds. The number of ether oxygens (including phenoxy) is 1. The first-order valence-electron chi connectivity index (χ1n) is 14.3. The number of thioether (sulfide) groups is 1. The van der Waals surface area contributed by atoms with Crippen LogP contribution in [0.1, 0.15) is 43.9 Å². The van der Waals surface area contributed by atoms with Crippen molar-refractivity contribution in [3.63, 3.8) is 0 Å². The van der Waals surface area contributed by atoms with Crippen LogP contribution in [0, 0.1) is 6.92 Å². The fourth-order valence-corrected chi connectivity index (χ4v) is 5.91. The molecule has 1 fully saturated rings. The molecular weight excluding hydrogens is 603 g/mol. The van der Waals surface area contributed by atoms with Crippen LogP contribution in [0.3, 0.4) is 0 Å². The summed E-state index contributed by atoms with van der Waals surface area (Å²) in [4.78, 5) is 32.1. The predicted molar refractivity (Wildman–Crippen MR) is 168 cm³/mol. The van der Waals surface area contributed by atoms with Gasteiger partial charge in [-0.15, -0.1) is 18.3 Å². The highest BCUT2D eigenvalue weighted by molar-refractivity contribution is 8.04. The van der Waals surface area contributed by atoms with E-state index < -0.39 is 11.9 Å². The van der Waals surface area contributed by atoms with Gasteiger partial charge in [0.15, 0.2) is 5.82 Å². The number of hydrogen-bond acceptors (Lipinski definition) is 6. The summed E-state index contributed by atoms with van der Waals surface area (Å²) in [5.74, 6) is -0.00697. The van der Waals surface area contributed by atoms with E-state index in [2.05, 4.69) is 27.1 Å². The van der Waals surface area contributed by atoms with Crippen molar-refractivity contribution >= 4 is 29.3 Å². The van der Waals surface area contributed by atoms with Gasteiger partial charge in [0.05, 0.1) is 27.7 Å². The number of benzene rings is 3. The summed E-state index contributed by atoms with van der Waals surface area (Å²) >= 11 is 1.35. The number of halogens is 3. The molecule has 0 saturated carbocycles. The van der Waals surface area contributed by atoms with Crippen LogP contribution in [-0.4, -0.2) is 38.7 Å². The van der Waals surface area contributed by atoms with E-state index in [4.69, 9.17) is 0 Å². The highest BCUT2D eigenvalue weighted by atomic mass is 32.2. The Labute approximate surface area is 263 Å². The third kappa shape index (κ3) is 7.56. The Morgan fingerprint density at radius 1 is 1.07 bits per heavy atom. The number of nitrogens with zero attached hydrogens (tertiary/aromatic N) is 4. The van der Waals surface area contributed by atoms with Crippen molar-refractivity contribution in [1.29, 1.82) is 0 Å². The molecule has 1 aliphatic heterocycles. The molecule has 3 aromatic carbocycles. The Morgan fingerprint density at radius 2 is 1.78 bits per heavy atom. The average molecular weight is 636 g/mol. The van der Waals surface area contributed by atoms with Gasteiger partial charge in [0.1, 0.15) is 12.1 Å². The second-order valence-electron chi connectivity index (χ2n) is 11.1. The van der Waals surface area contributed by atoms with E-state index in [1.54, 1.807) is 4.90 Å². The minimum absolute atomic E-state index is 0.0552. The summed E-state index contributed by atoms with van der Waals surface area (Å²) in [6.45, 7) is 7.86. The second kappa shape index (κ2) is 12.8. The zero-order valence-electron chi connectivity index (χ0n) is 25.2. The molecule has 1 aliphatic rings. The minimum Gasteiger partial charge on any atom is -0.406 e. The van der Waals surface area contributed by atoms with Gasteiger partial charge in [-0.3, -0.25) is 14.5 Å². The largest absolute Gasteiger partial charge is 0.573 e. The SMILES string of the molecule is CCCc1ccc(C)cc1N1C(=O)CSC1=CC(=O)NC(C)(C)c1ccc(-c2ncn(-c3ccc(OC(F)(F)F)cc3)n2)cc1. The van der Waals surface area contributed by atoms with Crippen molar-refractivity contribution in [2.24, 2.45) is 0 Å². The molecule has 1 saturated heterocycles.